The summed E-state index contributed by atoms with van der Waals surface area (Å²) < 4.78 is 19.1. The number of aryl methyl sites for hydroxylation is 1. The van der Waals surface area contributed by atoms with Crippen molar-refractivity contribution >= 4 is 28.1 Å². The monoisotopic (exact) mass is 414 g/mol. The van der Waals surface area contributed by atoms with Crippen molar-refractivity contribution in [3.05, 3.63) is 102 Å². The summed E-state index contributed by atoms with van der Waals surface area (Å²) in [6.45, 7) is 0.424. The molecule has 31 heavy (non-hydrogen) atoms. The molecule has 0 heterocycles. The molecule has 0 atom stereocenters. The van der Waals surface area contributed by atoms with Crippen molar-refractivity contribution in [3.63, 3.8) is 0 Å². The van der Waals surface area contributed by atoms with Crippen LogP contribution in [-0.2, 0) is 17.8 Å². The second-order valence-electron chi connectivity index (χ2n) is 7.33. The summed E-state index contributed by atoms with van der Waals surface area (Å²) in [5.74, 6) is 0.224. The molecule has 0 bridgehead atoms. The van der Waals surface area contributed by atoms with E-state index in [9.17, 15) is 9.18 Å². The van der Waals surface area contributed by atoms with E-state index in [1.807, 2.05) is 54.6 Å². The van der Waals surface area contributed by atoms with E-state index >= 15 is 0 Å². The van der Waals surface area contributed by atoms with Gasteiger partial charge >= 0.3 is 0 Å². The molecule has 4 aromatic rings. The van der Waals surface area contributed by atoms with Crippen LogP contribution in [0.1, 0.15) is 17.5 Å². The van der Waals surface area contributed by atoms with E-state index < -0.39 is 0 Å². The van der Waals surface area contributed by atoms with Crippen molar-refractivity contribution < 1.29 is 13.9 Å². The topological polar surface area (TPSA) is 64.3 Å². The number of benzene rings is 4. The lowest BCUT2D eigenvalue weighted by atomic mass is 10.1. The standard InChI is InChI=1S/C26H23FN2O2/c27-20-13-10-18(11-14-20)12-15-25(30)29-26-22-9-5-4-8-21(22)24(16-23(26)28)31-17-19-6-2-1-3-7-19/h1-11,13-14,16H,12,15,17,28H2,(H,29,30). The van der Waals surface area contributed by atoms with Gasteiger partial charge in [0.05, 0.1) is 11.4 Å². The van der Waals surface area contributed by atoms with E-state index in [1.165, 1.54) is 12.1 Å². The highest BCUT2D eigenvalue weighted by Gasteiger charge is 2.14. The van der Waals surface area contributed by atoms with Crippen LogP contribution in [-0.4, -0.2) is 5.91 Å². The molecule has 4 aromatic carbocycles. The van der Waals surface area contributed by atoms with Gasteiger partial charge in [-0.15, -0.1) is 0 Å². The van der Waals surface area contributed by atoms with Crippen molar-refractivity contribution in [2.75, 3.05) is 11.1 Å². The number of amides is 1. The van der Waals surface area contributed by atoms with Gasteiger partial charge in [0.2, 0.25) is 5.91 Å². The number of carbonyl (C=O) groups excluding carboxylic acids is 1. The Morgan fingerprint density at radius 1 is 0.871 bits per heavy atom. The van der Waals surface area contributed by atoms with Crippen molar-refractivity contribution in [2.24, 2.45) is 0 Å². The number of nitrogen functional groups attached to an aromatic ring is 1. The Balaban J connectivity index is 1.52. The number of hydrogen-bond donors (Lipinski definition) is 2. The van der Waals surface area contributed by atoms with Crippen LogP contribution >= 0.6 is 0 Å². The van der Waals surface area contributed by atoms with Crippen molar-refractivity contribution in [3.8, 4) is 5.75 Å². The Kier molecular flexibility index (Phi) is 6.13. The van der Waals surface area contributed by atoms with E-state index in [2.05, 4.69) is 5.32 Å². The zero-order chi connectivity index (χ0) is 21.6. The molecule has 0 aromatic heterocycles. The molecule has 0 unspecified atom stereocenters. The molecule has 156 valence electrons. The average molecular weight is 414 g/mol. The third kappa shape index (κ3) is 5.01. The molecule has 0 spiro atoms. The SMILES string of the molecule is Nc1cc(OCc2ccccc2)c2ccccc2c1NC(=O)CCc1ccc(F)cc1. The fourth-order valence-electron chi connectivity index (χ4n) is 3.47. The van der Waals surface area contributed by atoms with Gasteiger partial charge in [0.1, 0.15) is 18.2 Å². The van der Waals surface area contributed by atoms with E-state index in [0.29, 0.717) is 30.2 Å². The van der Waals surface area contributed by atoms with E-state index in [4.69, 9.17) is 10.5 Å². The zero-order valence-corrected chi connectivity index (χ0v) is 17.0. The molecule has 1 amide bonds. The number of nitrogens with two attached hydrogens (primary N) is 1. The highest BCUT2D eigenvalue weighted by molar-refractivity contribution is 6.08. The average Bonchev–Trinajstić information content (AvgIpc) is 2.80. The number of fused-ring (bicyclic) bond motifs is 1. The first-order chi connectivity index (χ1) is 15.1. The predicted octanol–water partition coefficient (Wildman–Crippen LogP) is 5.71. The molecular weight excluding hydrogens is 391 g/mol. The second-order valence-corrected chi connectivity index (χ2v) is 7.33. The van der Waals surface area contributed by atoms with Crippen LogP contribution in [0.5, 0.6) is 5.75 Å². The summed E-state index contributed by atoms with van der Waals surface area (Å²) >= 11 is 0. The number of halogens is 1. The number of hydrogen-bond acceptors (Lipinski definition) is 3. The number of carbonyl (C=O) groups is 1. The summed E-state index contributed by atoms with van der Waals surface area (Å²) in [6, 6.07) is 25.5. The van der Waals surface area contributed by atoms with Gasteiger partial charge in [-0.2, -0.15) is 0 Å². The first-order valence-electron chi connectivity index (χ1n) is 10.1. The predicted molar refractivity (Wildman–Crippen MR) is 122 cm³/mol. The van der Waals surface area contributed by atoms with E-state index in [0.717, 1.165) is 21.9 Å². The van der Waals surface area contributed by atoms with Gasteiger partial charge in [-0.05, 0) is 29.7 Å². The van der Waals surface area contributed by atoms with Gasteiger partial charge in [-0.1, -0.05) is 66.7 Å². The van der Waals surface area contributed by atoms with E-state index in [1.54, 1.807) is 18.2 Å². The number of nitrogens with one attached hydrogen (secondary N) is 1. The van der Waals surface area contributed by atoms with Gasteiger partial charge < -0.3 is 15.8 Å². The summed E-state index contributed by atoms with van der Waals surface area (Å²) in [6.07, 6.45) is 0.786. The molecule has 0 saturated heterocycles. The lowest BCUT2D eigenvalue weighted by molar-refractivity contribution is -0.116. The molecule has 5 heteroatoms. The van der Waals surface area contributed by atoms with Crippen molar-refractivity contribution in [1.29, 1.82) is 0 Å². The minimum absolute atomic E-state index is 0.154. The summed E-state index contributed by atoms with van der Waals surface area (Å²) in [4.78, 5) is 12.6. The molecule has 4 rings (SSSR count). The molecule has 0 aliphatic carbocycles. The Morgan fingerprint density at radius 3 is 2.29 bits per heavy atom. The molecule has 0 saturated carbocycles. The fourth-order valence-corrected chi connectivity index (χ4v) is 3.47. The maximum Gasteiger partial charge on any atom is 0.224 e. The molecule has 0 aliphatic heterocycles. The molecule has 0 fully saturated rings. The maximum atomic E-state index is 13.0. The van der Waals surface area contributed by atoms with Gasteiger partial charge in [-0.3, -0.25) is 4.79 Å². The number of rotatable bonds is 7. The summed E-state index contributed by atoms with van der Waals surface area (Å²) in [5.41, 5.74) is 9.27. The van der Waals surface area contributed by atoms with Crippen LogP contribution in [0.15, 0.2) is 84.9 Å². The maximum absolute atomic E-state index is 13.0. The van der Waals surface area contributed by atoms with Crippen LogP contribution in [0.2, 0.25) is 0 Å². The van der Waals surface area contributed by atoms with Crippen LogP contribution in [0.3, 0.4) is 0 Å². The smallest absolute Gasteiger partial charge is 0.224 e. The Morgan fingerprint density at radius 2 is 1.55 bits per heavy atom. The number of anilines is 2. The third-order valence-electron chi connectivity index (χ3n) is 5.09. The van der Waals surface area contributed by atoms with E-state index in [-0.39, 0.29) is 18.1 Å². The highest BCUT2D eigenvalue weighted by Crippen LogP contribution is 2.37. The molecule has 0 aliphatic rings. The zero-order valence-electron chi connectivity index (χ0n) is 17.0. The highest BCUT2D eigenvalue weighted by atomic mass is 19.1. The van der Waals surface area contributed by atoms with Crippen LogP contribution in [0.25, 0.3) is 10.8 Å². The van der Waals surface area contributed by atoms with Crippen molar-refractivity contribution in [2.45, 2.75) is 19.4 Å². The lowest BCUT2D eigenvalue weighted by Gasteiger charge is -2.16. The molecule has 0 radical (unpaired) electrons. The fraction of sp³-hybridized carbons (Fsp3) is 0.115. The van der Waals surface area contributed by atoms with Crippen LogP contribution < -0.4 is 15.8 Å². The first-order valence-corrected chi connectivity index (χ1v) is 10.1. The van der Waals surface area contributed by atoms with Crippen LogP contribution in [0, 0.1) is 5.82 Å². The Bertz CT molecular complexity index is 1190. The second kappa shape index (κ2) is 9.30. The molecular formula is C26H23FN2O2. The normalized spacial score (nSPS) is 10.7. The summed E-state index contributed by atoms with van der Waals surface area (Å²) in [7, 11) is 0. The Hall–Kier alpha value is -3.86. The largest absolute Gasteiger partial charge is 0.488 e. The quantitative estimate of drug-likeness (QED) is 0.381. The minimum Gasteiger partial charge on any atom is -0.488 e. The van der Waals surface area contributed by atoms with Crippen LogP contribution in [0.4, 0.5) is 15.8 Å². The van der Waals surface area contributed by atoms with Gasteiger partial charge in [-0.25, -0.2) is 4.39 Å². The Labute approximate surface area is 180 Å². The lowest BCUT2D eigenvalue weighted by Crippen LogP contribution is -2.14. The molecule has 3 N–H and O–H groups in total. The van der Waals surface area contributed by atoms with Gasteiger partial charge in [0, 0.05) is 23.3 Å². The van der Waals surface area contributed by atoms with Gasteiger partial charge in [0.25, 0.3) is 0 Å². The van der Waals surface area contributed by atoms with Gasteiger partial charge in [0.15, 0.2) is 0 Å². The molecule has 4 nitrogen and oxygen atoms in total. The third-order valence-corrected chi connectivity index (χ3v) is 5.09. The summed E-state index contributed by atoms with van der Waals surface area (Å²) in [5, 5.41) is 4.64. The van der Waals surface area contributed by atoms with Crippen molar-refractivity contribution in [1.82, 2.24) is 0 Å². The minimum atomic E-state index is -0.290. The number of ether oxygens (including phenoxy) is 1. The first kappa shape index (κ1) is 20.4.